The van der Waals surface area contributed by atoms with Gasteiger partial charge in [-0.3, -0.25) is 0 Å². The number of nitrogens with zero attached hydrogens (tertiary/aromatic N) is 3. The second kappa shape index (κ2) is 9.35. The third-order valence-corrected chi connectivity index (χ3v) is 5.52. The first-order chi connectivity index (χ1) is 16.3. The van der Waals surface area contributed by atoms with Gasteiger partial charge in [0.05, 0.1) is 11.9 Å². The topological polar surface area (TPSA) is 30.7 Å². The number of benzene rings is 4. The minimum Gasteiger partial charge on any atom is -0.204 e. The van der Waals surface area contributed by atoms with Gasteiger partial charge in [-0.2, -0.15) is 0 Å². The highest BCUT2D eigenvalue weighted by molar-refractivity contribution is 5.84. The molecule has 0 radical (unpaired) electrons. The maximum Gasteiger partial charge on any atom is 0.117 e. The van der Waals surface area contributed by atoms with Crippen molar-refractivity contribution in [1.82, 2.24) is 15.0 Å². The smallest absolute Gasteiger partial charge is 0.117 e. The number of aromatic nitrogens is 3. The maximum atomic E-state index is 4.48. The maximum absolute atomic E-state index is 4.48. The Morgan fingerprint density at radius 1 is 0.636 bits per heavy atom. The van der Waals surface area contributed by atoms with Crippen molar-refractivity contribution >= 4 is 11.3 Å². The second-order valence-electron chi connectivity index (χ2n) is 7.84. The summed E-state index contributed by atoms with van der Waals surface area (Å²) in [4.78, 5) is 0. The molecule has 0 unspecified atom stereocenters. The van der Waals surface area contributed by atoms with E-state index in [9.17, 15) is 0 Å². The summed E-state index contributed by atoms with van der Waals surface area (Å²) < 4.78 is 1.88. The van der Waals surface area contributed by atoms with Crippen LogP contribution < -0.4 is 0 Å². The molecule has 0 amide bonds. The molecule has 0 saturated carbocycles. The van der Waals surface area contributed by atoms with Crippen molar-refractivity contribution in [3.8, 4) is 11.3 Å². The van der Waals surface area contributed by atoms with Crippen LogP contribution in [0.3, 0.4) is 0 Å². The molecule has 0 aliphatic heterocycles. The van der Waals surface area contributed by atoms with Crippen LogP contribution >= 0.6 is 0 Å². The Balaban J connectivity index is 1.83. The first kappa shape index (κ1) is 20.4. The molecule has 0 fully saturated rings. The predicted molar refractivity (Wildman–Crippen MR) is 134 cm³/mol. The SMILES string of the molecule is Cc1ccc(C(=C=C(c2ccccc2)n2nncc2-c2ccccc2)c2ccccc2)cc1. The molecular formula is C30H23N3. The number of aryl methyl sites for hydroxylation is 1. The Kier molecular flexibility index (Phi) is 5.79. The van der Waals surface area contributed by atoms with Crippen molar-refractivity contribution in [3.05, 3.63) is 149 Å². The molecule has 1 heterocycles. The third-order valence-electron chi connectivity index (χ3n) is 5.52. The van der Waals surface area contributed by atoms with E-state index in [2.05, 4.69) is 95.8 Å². The Labute approximate surface area is 194 Å². The zero-order chi connectivity index (χ0) is 22.5. The quantitative estimate of drug-likeness (QED) is 0.288. The van der Waals surface area contributed by atoms with E-state index in [0.29, 0.717) is 0 Å². The van der Waals surface area contributed by atoms with Crippen LogP contribution in [0.2, 0.25) is 0 Å². The average molecular weight is 426 g/mol. The van der Waals surface area contributed by atoms with Crippen LogP contribution in [0.15, 0.2) is 127 Å². The van der Waals surface area contributed by atoms with Crippen molar-refractivity contribution < 1.29 is 0 Å². The van der Waals surface area contributed by atoms with Crippen LogP contribution in [0.1, 0.15) is 22.3 Å². The van der Waals surface area contributed by atoms with Crippen molar-refractivity contribution in [2.24, 2.45) is 0 Å². The van der Waals surface area contributed by atoms with Crippen molar-refractivity contribution in [2.75, 3.05) is 0 Å². The molecule has 33 heavy (non-hydrogen) atoms. The van der Waals surface area contributed by atoms with Gasteiger partial charge >= 0.3 is 0 Å². The monoisotopic (exact) mass is 425 g/mol. The lowest BCUT2D eigenvalue weighted by Crippen LogP contribution is -2.03. The number of hydrogen-bond acceptors (Lipinski definition) is 2. The van der Waals surface area contributed by atoms with Gasteiger partial charge in [-0.05, 0) is 18.1 Å². The Morgan fingerprint density at radius 2 is 1.18 bits per heavy atom. The molecule has 1 aromatic heterocycles. The van der Waals surface area contributed by atoms with Gasteiger partial charge in [-0.25, -0.2) is 4.68 Å². The average Bonchev–Trinajstić information content (AvgIpc) is 3.37. The Bertz CT molecular complexity index is 1410. The summed E-state index contributed by atoms with van der Waals surface area (Å²) in [5.41, 5.74) is 12.0. The highest BCUT2D eigenvalue weighted by Gasteiger charge is 2.14. The lowest BCUT2D eigenvalue weighted by atomic mass is 9.97. The van der Waals surface area contributed by atoms with Crippen LogP contribution in [-0.4, -0.2) is 15.0 Å². The van der Waals surface area contributed by atoms with E-state index in [-0.39, 0.29) is 0 Å². The highest BCUT2D eigenvalue weighted by Crippen LogP contribution is 2.28. The summed E-state index contributed by atoms with van der Waals surface area (Å²) in [6.45, 7) is 2.10. The minimum atomic E-state index is 0.839. The van der Waals surface area contributed by atoms with Gasteiger partial charge in [0, 0.05) is 16.7 Å². The van der Waals surface area contributed by atoms with E-state index in [1.807, 2.05) is 47.1 Å². The summed E-state index contributed by atoms with van der Waals surface area (Å²) in [5.74, 6) is 0. The zero-order valence-corrected chi connectivity index (χ0v) is 18.4. The van der Waals surface area contributed by atoms with Crippen molar-refractivity contribution in [2.45, 2.75) is 6.92 Å². The largest absolute Gasteiger partial charge is 0.204 e. The number of hydrogen-bond donors (Lipinski definition) is 0. The molecule has 3 heteroatoms. The second-order valence-corrected chi connectivity index (χ2v) is 7.84. The summed E-state index contributed by atoms with van der Waals surface area (Å²) in [5, 5.41) is 8.73. The Hall–Kier alpha value is -4.46. The molecule has 158 valence electrons. The van der Waals surface area contributed by atoms with Gasteiger partial charge in [-0.1, -0.05) is 132 Å². The molecule has 0 bridgehead atoms. The third kappa shape index (κ3) is 4.45. The normalized spacial score (nSPS) is 10.5. The Morgan fingerprint density at radius 3 is 1.82 bits per heavy atom. The van der Waals surface area contributed by atoms with E-state index in [4.69, 9.17) is 0 Å². The molecule has 3 nitrogen and oxygen atoms in total. The van der Waals surface area contributed by atoms with Gasteiger partial charge in [0.1, 0.15) is 5.70 Å². The van der Waals surface area contributed by atoms with Gasteiger partial charge < -0.3 is 0 Å². The van der Waals surface area contributed by atoms with Gasteiger partial charge in [0.15, 0.2) is 0 Å². The van der Waals surface area contributed by atoms with Crippen LogP contribution in [0, 0.1) is 6.92 Å². The summed E-state index contributed by atoms with van der Waals surface area (Å²) in [7, 11) is 0. The van der Waals surface area contributed by atoms with Crippen LogP contribution in [0.4, 0.5) is 0 Å². The molecule has 0 aliphatic carbocycles. The van der Waals surface area contributed by atoms with Crippen LogP contribution in [0.5, 0.6) is 0 Å². The van der Waals surface area contributed by atoms with Gasteiger partial charge in [0.25, 0.3) is 0 Å². The molecule has 0 aliphatic rings. The van der Waals surface area contributed by atoms with E-state index < -0.39 is 0 Å². The summed E-state index contributed by atoms with van der Waals surface area (Å²) in [6, 6.07) is 39.4. The van der Waals surface area contributed by atoms with Crippen molar-refractivity contribution in [1.29, 1.82) is 0 Å². The molecule has 4 aromatic carbocycles. The van der Waals surface area contributed by atoms with Gasteiger partial charge in [-0.15, -0.1) is 5.10 Å². The lowest BCUT2D eigenvalue weighted by Gasteiger charge is -2.12. The molecule has 5 aromatic rings. The molecule has 5 rings (SSSR count). The highest BCUT2D eigenvalue weighted by atomic mass is 15.4. The fourth-order valence-electron chi connectivity index (χ4n) is 3.80. The van der Waals surface area contributed by atoms with Crippen LogP contribution in [-0.2, 0) is 0 Å². The lowest BCUT2D eigenvalue weighted by molar-refractivity contribution is 0.826. The van der Waals surface area contributed by atoms with Gasteiger partial charge in [0.2, 0.25) is 0 Å². The fourth-order valence-corrected chi connectivity index (χ4v) is 3.80. The minimum absolute atomic E-state index is 0.839. The fraction of sp³-hybridized carbons (Fsp3) is 0.0333. The molecule has 0 spiro atoms. The molecular weight excluding hydrogens is 402 g/mol. The summed E-state index contributed by atoms with van der Waals surface area (Å²) in [6.07, 6.45) is 1.80. The first-order valence-corrected chi connectivity index (χ1v) is 10.9. The van der Waals surface area contributed by atoms with E-state index in [1.54, 1.807) is 6.20 Å². The van der Waals surface area contributed by atoms with E-state index >= 15 is 0 Å². The first-order valence-electron chi connectivity index (χ1n) is 10.9. The molecule has 0 saturated heterocycles. The van der Waals surface area contributed by atoms with E-state index in [1.165, 1.54) is 5.56 Å². The summed E-state index contributed by atoms with van der Waals surface area (Å²) >= 11 is 0. The van der Waals surface area contributed by atoms with Crippen molar-refractivity contribution in [3.63, 3.8) is 0 Å². The van der Waals surface area contributed by atoms with Crippen LogP contribution in [0.25, 0.3) is 22.5 Å². The predicted octanol–water partition coefficient (Wildman–Crippen LogP) is 6.87. The number of rotatable bonds is 5. The van der Waals surface area contributed by atoms with E-state index in [0.717, 1.165) is 39.2 Å². The molecule has 0 N–H and O–H groups in total. The standard InChI is InChI=1S/C30H23N3/c1-23-17-19-25(20-18-23)28(24-11-5-2-6-12-24)21-29(26-13-7-3-8-14-26)33-30(22-31-32-33)27-15-9-4-10-16-27/h2-20,22H,1H3. The molecule has 0 atom stereocenters. The zero-order valence-electron chi connectivity index (χ0n) is 18.4.